The molecule has 4 rings (SSSR count). The second kappa shape index (κ2) is 6.02. The number of ether oxygens (including phenoxy) is 1. The van der Waals surface area contributed by atoms with Crippen LogP contribution in [0.25, 0.3) is 11.1 Å². The van der Waals surface area contributed by atoms with Crippen molar-refractivity contribution < 1.29 is 9.53 Å². The first kappa shape index (κ1) is 14.8. The second-order valence-electron chi connectivity index (χ2n) is 6.05. The third-order valence-electron chi connectivity index (χ3n) is 4.59. The van der Waals surface area contributed by atoms with E-state index in [2.05, 4.69) is 60.8 Å². The number of fused-ring (bicyclic) bond motifs is 3. The molecule has 3 nitrogen and oxygen atoms in total. The fourth-order valence-electron chi connectivity index (χ4n) is 3.46. The van der Waals surface area contributed by atoms with E-state index in [1.54, 1.807) is 11.8 Å². The zero-order valence-electron chi connectivity index (χ0n) is 13.0. The number of benzene rings is 2. The zero-order valence-corrected chi connectivity index (χ0v) is 13.8. The summed E-state index contributed by atoms with van der Waals surface area (Å²) in [4.78, 5) is 12.3. The van der Waals surface area contributed by atoms with E-state index >= 15 is 0 Å². The van der Waals surface area contributed by atoms with Crippen molar-refractivity contribution in [1.82, 2.24) is 5.32 Å². The Hall–Kier alpha value is -1.78. The smallest absolute Gasteiger partial charge is 0.324 e. The molecule has 2 unspecified atom stereocenters. The number of hydrogen-bond acceptors (Lipinski definition) is 4. The summed E-state index contributed by atoms with van der Waals surface area (Å²) < 4.78 is 5.66. The maximum Gasteiger partial charge on any atom is 0.324 e. The van der Waals surface area contributed by atoms with Crippen LogP contribution in [0.15, 0.2) is 48.5 Å². The molecule has 0 aromatic heterocycles. The highest BCUT2D eigenvalue weighted by atomic mass is 32.2. The molecular weight excluding hydrogens is 306 g/mol. The highest BCUT2D eigenvalue weighted by Crippen LogP contribution is 2.44. The van der Waals surface area contributed by atoms with Gasteiger partial charge in [0.15, 0.2) is 0 Å². The van der Waals surface area contributed by atoms with E-state index in [-0.39, 0.29) is 17.9 Å². The van der Waals surface area contributed by atoms with Gasteiger partial charge in [-0.05, 0) is 29.2 Å². The molecule has 4 heteroatoms. The van der Waals surface area contributed by atoms with Gasteiger partial charge in [0.2, 0.25) is 0 Å². The Morgan fingerprint density at radius 3 is 2.30 bits per heavy atom. The number of hydrogen-bond donors (Lipinski definition) is 1. The third-order valence-corrected chi connectivity index (χ3v) is 5.75. The van der Waals surface area contributed by atoms with Crippen molar-refractivity contribution in [3.8, 4) is 11.1 Å². The lowest BCUT2D eigenvalue weighted by molar-refractivity contribution is -0.145. The number of thioether (sulfide) groups is 1. The van der Waals surface area contributed by atoms with Gasteiger partial charge in [-0.15, -0.1) is 11.8 Å². The van der Waals surface area contributed by atoms with Crippen molar-refractivity contribution in [3.63, 3.8) is 0 Å². The lowest BCUT2D eigenvalue weighted by atomic mass is 9.98. The molecule has 1 N–H and O–H groups in total. The van der Waals surface area contributed by atoms with Crippen LogP contribution in [-0.2, 0) is 9.53 Å². The van der Waals surface area contributed by atoms with Crippen molar-refractivity contribution >= 4 is 17.7 Å². The molecular formula is C19H19NO2S. The van der Waals surface area contributed by atoms with Crippen LogP contribution in [0.5, 0.6) is 0 Å². The summed E-state index contributed by atoms with van der Waals surface area (Å²) in [7, 11) is 0. The minimum Gasteiger partial charge on any atom is -0.463 e. The molecule has 118 valence electrons. The minimum absolute atomic E-state index is 0.135. The van der Waals surface area contributed by atoms with Crippen LogP contribution in [-0.4, -0.2) is 29.7 Å². The van der Waals surface area contributed by atoms with Crippen molar-refractivity contribution in [3.05, 3.63) is 59.7 Å². The van der Waals surface area contributed by atoms with Crippen LogP contribution in [0.3, 0.4) is 0 Å². The Kier molecular flexibility index (Phi) is 3.87. The van der Waals surface area contributed by atoms with E-state index in [1.807, 2.05) is 0 Å². The Labute approximate surface area is 140 Å². The molecule has 0 bridgehead atoms. The summed E-state index contributed by atoms with van der Waals surface area (Å²) in [6.45, 7) is 2.48. The molecule has 2 atom stereocenters. The summed E-state index contributed by atoms with van der Waals surface area (Å²) in [5.74, 6) is 0.791. The largest absolute Gasteiger partial charge is 0.463 e. The third kappa shape index (κ3) is 2.66. The van der Waals surface area contributed by atoms with Gasteiger partial charge < -0.3 is 4.74 Å². The van der Waals surface area contributed by atoms with Crippen LogP contribution in [0.1, 0.15) is 24.0 Å². The topological polar surface area (TPSA) is 38.3 Å². The SMILES string of the molecule is CC1NC(C(=O)OCC2c3ccccc3-c3ccccc32)CS1. The van der Waals surface area contributed by atoms with Gasteiger partial charge >= 0.3 is 5.97 Å². The van der Waals surface area contributed by atoms with Crippen LogP contribution >= 0.6 is 11.8 Å². The van der Waals surface area contributed by atoms with E-state index < -0.39 is 0 Å². The number of rotatable bonds is 3. The molecule has 1 heterocycles. The van der Waals surface area contributed by atoms with Crippen LogP contribution < -0.4 is 5.32 Å². The fourth-order valence-corrected chi connectivity index (χ4v) is 4.44. The minimum atomic E-state index is -0.179. The van der Waals surface area contributed by atoms with Crippen LogP contribution in [0, 0.1) is 0 Å². The second-order valence-corrected chi connectivity index (χ2v) is 7.43. The molecule has 0 radical (unpaired) electrons. The first-order chi connectivity index (χ1) is 11.2. The van der Waals surface area contributed by atoms with Gasteiger partial charge in [-0.1, -0.05) is 48.5 Å². The van der Waals surface area contributed by atoms with Crippen LogP contribution in [0.4, 0.5) is 0 Å². The van der Waals surface area contributed by atoms with Crippen LogP contribution in [0.2, 0.25) is 0 Å². The average Bonchev–Trinajstić information content (AvgIpc) is 3.15. The first-order valence-corrected chi connectivity index (χ1v) is 9.01. The molecule has 1 fully saturated rings. The molecule has 2 aromatic carbocycles. The normalized spacial score (nSPS) is 22.7. The van der Waals surface area contributed by atoms with Crippen molar-refractivity contribution in [1.29, 1.82) is 0 Å². The van der Waals surface area contributed by atoms with Gasteiger partial charge in [0.05, 0.1) is 5.37 Å². The molecule has 2 aliphatic rings. The van der Waals surface area contributed by atoms with Crippen molar-refractivity contribution in [2.24, 2.45) is 0 Å². The van der Waals surface area contributed by atoms with Crippen molar-refractivity contribution in [2.75, 3.05) is 12.4 Å². The van der Waals surface area contributed by atoms with Gasteiger partial charge in [-0.25, -0.2) is 0 Å². The number of nitrogens with one attached hydrogen (secondary N) is 1. The summed E-state index contributed by atoms with van der Waals surface area (Å²) in [6, 6.07) is 16.6. The quantitative estimate of drug-likeness (QED) is 0.878. The molecule has 23 heavy (non-hydrogen) atoms. The number of carbonyl (C=O) groups excluding carboxylic acids is 1. The maximum atomic E-state index is 12.3. The van der Waals surface area contributed by atoms with Gasteiger partial charge in [-0.2, -0.15) is 0 Å². The molecule has 2 aromatic rings. The molecule has 0 saturated carbocycles. The highest BCUT2D eigenvalue weighted by molar-refractivity contribution is 8.00. The Morgan fingerprint density at radius 1 is 1.13 bits per heavy atom. The Bertz CT molecular complexity index is 700. The average molecular weight is 325 g/mol. The standard InChI is InChI=1S/C19H19NO2S/c1-12-20-18(11-23-12)19(21)22-10-17-15-8-4-2-6-13(15)14-7-3-5-9-16(14)17/h2-9,12,17-18,20H,10-11H2,1H3. The lowest BCUT2D eigenvalue weighted by Crippen LogP contribution is -2.37. The molecule has 1 aliphatic heterocycles. The lowest BCUT2D eigenvalue weighted by Gasteiger charge is -2.16. The predicted molar refractivity (Wildman–Crippen MR) is 93.5 cm³/mol. The van der Waals surface area contributed by atoms with Crippen molar-refractivity contribution in [2.45, 2.75) is 24.3 Å². The van der Waals surface area contributed by atoms with E-state index in [0.29, 0.717) is 12.0 Å². The molecule has 1 aliphatic carbocycles. The maximum absolute atomic E-state index is 12.3. The number of carbonyl (C=O) groups is 1. The highest BCUT2D eigenvalue weighted by Gasteiger charge is 2.32. The molecule has 1 saturated heterocycles. The van der Waals surface area contributed by atoms with E-state index in [0.717, 1.165) is 5.75 Å². The fraction of sp³-hybridized carbons (Fsp3) is 0.316. The zero-order chi connectivity index (χ0) is 15.8. The predicted octanol–water partition coefficient (Wildman–Crippen LogP) is 3.39. The monoisotopic (exact) mass is 325 g/mol. The van der Waals surface area contributed by atoms with Gasteiger partial charge in [0.1, 0.15) is 12.6 Å². The summed E-state index contributed by atoms with van der Waals surface area (Å²) in [5, 5.41) is 3.58. The number of esters is 1. The van der Waals surface area contributed by atoms with E-state index in [9.17, 15) is 4.79 Å². The summed E-state index contributed by atoms with van der Waals surface area (Å²) in [6.07, 6.45) is 0. The Balaban J connectivity index is 1.54. The van der Waals surface area contributed by atoms with Gasteiger partial charge in [0.25, 0.3) is 0 Å². The van der Waals surface area contributed by atoms with Gasteiger partial charge in [-0.3, -0.25) is 10.1 Å². The van der Waals surface area contributed by atoms with Gasteiger partial charge in [0, 0.05) is 11.7 Å². The molecule has 0 amide bonds. The summed E-state index contributed by atoms with van der Waals surface area (Å²) in [5.41, 5.74) is 5.02. The Morgan fingerprint density at radius 2 is 1.74 bits per heavy atom. The van der Waals surface area contributed by atoms with E-state index in [4.69, 9.17) is 4.74 Å². The summed E-state index contributed by atoms with van der Waals surface area (Å²) >= 11 is 1.76. The molecule has 0 spiro atoms. The first-order valence-electron chi connectivity index (χ1n) is 7.96. The van der Waals surface area contributed by atoms with E-state index in [1.165, 1.54) is 22.3 Å².